The Labute approximate surface area is 138 Å². The van der Waals surface area contributed by atoms with Crippen LogP contribution in [0.25, 0.3) is 10.2 Å². The molecule has 1 amide bonds. The molecule has 0 unspecified atom stereocenters. The van der Waals surface area contributed by atoms with E-state index in [0.29, 0.717) is 17.0 Å². The molecule has 2 heterocycles. The molecule has 0 radical (unpaired) electrons. The number of rotatable bonds is 3. The van der Waals surface area contributed by atoms with E-state index in [1.165, 1.54) is 27.1 Å². The van der Waals surface area contributed by atoms with Crippen LogP contribution in [0.3, 0.4) is 0 Å². The van der Waals surface area contributed by atoms with Crippen LogP contribution in [0.4, 0.5) is 0 Å². The maximum Gasteiger partial charge on any atom is 0.297 e. The number of thiazole rings is 1. The molecule has 0 bridgehead atoms. The molecule has 2 aromatic heterocycles. The molecule has 0 spiro atoms. The summed E-state index contributed by atoms with van der Waals surface area (Å²) in [6.07, 6.45) is 3.41. The molecule has 0 aliphatic carbocycles. The van der Waals surface area contributed by atoms with Crippen LogP contribution in [0.2, 0.25) is 0 Å². The van der Waals surface area contributed by atoms with Gasteiger partial charge in [-0.05, 0) is 37.1 Å². The molecule has 0 saturated carbocycles. The van der Waals surface area contributed by atoms with Gasteiger partial charge in [-0.1, -0.05) is 23.5 Å². The fourth-order valence-corrected chi connectivity index (χ4v) is 3.72. The summed E-state index contributed by atoms with van der Waals surface area (Å²) < 4.78 is 4.71. The molecular weight excluding hydrogens is 308 g/mol. The fourth-order valence-electron chi connectivity index (χ4n) is 2.63. The van der Waals surface area contributed by atoms with E-state index in [1.807, 2.05) is 10.6 Å². The highest BCUT2D eigenvalue weighted by molar-refractivity contribution is 7.16. The van der Waals surface area contributed by atoms with Gasteiger partial charge in [-0.2, -0.15) is 10.1 Å². The van der Waals surface area contributed by atoms with Gasteiger partial charge in [0.05, 0.1) is 10.2 Å². The van der Waals surface area contributed by atoms with Crippen LogP contribution < -0.4 is 4.80 Å². The highest BCUT2D eigenvalue weighted by Crippen LogP contribution is 2.23. The zero-order valence-corrected chi connectivity index (χ0v) is 14.2. The minimum absolute atomic E-state index is 0.288. The van der Waals surface area contributed by atoms with Crippen molar-refractivity contribution in [3.63, 3.8) is 0 Å². The molecule has 0 N–H and O–H groups in total. The van der Waals surface area contributed by atoms with Crippen molar-refractivity contribution in [2.75, 3.05) is 0 Å². The number of nitrogens with zero attached hydrogens (tertiary/aromatic N) is 4. The van der Waals surface area contributed by atoms with Crippen LogP contribution in [0.5, 0.6) is 0 Å². The largest absolute Gasteiger partial charge is 0.312 e. The summed E-state index contributed by atoms with van der Waals surface area (Å²) in [6, 6.07) is 5.94. The summed E-state index contributed by atoms with van der Waals surface area (Å²) >= 11 is 1.53. The van der Waals surface area contributed by atoms with Crippen molar-refractivity contribution in [2.24, 2.45) is 12.0 Å². The van der Waals surface area contributed by atoms with E-state index in [0.717, 1.165) is 10.2 Å². The molecule has 6 heteroatoms. The quantitative estimate of drug-likeness (QED) is 0.695. The first-order valence-corrected chi connectivity index (χ1v) is 8.11. The fraction of sp³-hybridized carbons (Fsp3) is 0.235. The molecule has 3 aromatic rings. The first kappa shape index (κ1) is 15.4. The molecule has 0 fully saturated rings. The summed E-state index contributed by atoms with van der Waals surface area (Å²) in [5, 5.41) is 4.02. The first-order valence-electron chi connectivity index (χ1n) is 7.30. The number of aryl methyl sites for hydroxylation is 3. The zero-order valence-electron chi connectivity index (χ0n) is 13.4. The molecule has 0 aliphatic rings. The molecular formula is C17H18N4OS. The van der Waals surface area contributed by atoms with E-state index in [-0.39, 0.29) is 5.91 Å². The number of amides is 1. The highest BCUT2D eigenvalue weighted by Gasteiger charge is 2.12. The average molecular weight is 326 g/mol. The summed E-state index contributed by atoms with van der Waals surface area (Å²) in [6.45, 7) is 8.58. The molecule has 118 valence electrons. The van der Waals surface area contributed by atoms with Crippen LogP contribution in [0, 0.1) is 13.8 Å². The molecule has 23 heavy (non-hydrogen) atoms. The Morgan fingerprint density at radius 2 is 2.22 bits per heavy atom. The molecule has 1 aromatic carbocycles. The lowest BCUT2D eigenvalue weighted by molar-refractivity contribution is 0.0989. The lowest BCUT2D eigenvalue weighted by Gasteiger charge is -2.03. The second-order valence-electron chi connectivity index (χ2n) is 5.47. The van der Waals surface area contributed by atoms with Crippen LogP contribution in [-0.2, 0) is 13.6 Å². The van der Waals surface area contributed by atoms with Crippen LogP contribution in [0.15, 0.2) is 42.0 Å². The van der Waals surface area contributed by atoms with Gasteiger partial charge in [0.25, 0.3) is 5.91 Å². The van der Waals surface area contributed by atoms with Gasteiger partial charge in [-0.3, -0.25) is 9.48 Å². The van der Waals surface area contributed by atoms with Crippen molar-refractivity contribution in [1.29, 1.82) is 0 Å². The number of hydrogen-bond acceptors (Lipinski definition) is 3. The van der Waals surface area contributed by atoms with E-state index in [1.54, 1.807) is 19.3 Å². The lowest BCUT2D eigenvalue weighted by atomic mass is 10.1. The summed E-state index contributed by atoms with van der Waals surface area (Å²) in [4.78, 5) is 17.4. The number of carbonyl (C=O) groups excluding carboxylic acids is 1. The minimum Gasteiger partial charge on any atom is -0.312 e. The number of carbonyl (C=O) groups is 1. The molecule has 3 rings (SSSR count). The van der Waals surface area contributed by atoms with Gasteiger partial charge in [0.15, 0.2) is 4.80 Å². The predicted octanol–water partition coefficient (Wildman–Crippen LogP) is 2.98. The number of aromatic nitrogens is 3. The Bertz CT molecular complexity index is 974. The Kier molecular flexibility index (Phi) is 4.00. The highest BCUT2D eigenvalue weighted by atomic mass is 32.1. The standard InChI is InChI=1S/C17H18N4OS/c1-5-8-21-14-10-11(2)9-12(3)15(14)23-17(21)19-16(22)13-6-7-18-20(13)4/h5-7,9-10H,1,8H2,2-4H3. The SMILES string of the molecule is C=CCn1c(=NC(=O)c2ccnn2C)sc2c(C)cc(C)cc21. The molecule has 0 atom stereocenters. The van der Waals surface area contributed by atoms with E-state index in [4.69, 9.17) is 0 Å². The van der Waals surface area contributed by atoms with Gasteiger partial charge >= 0.3 is 0 Å². The van der Waals surface area contributed by atoms with Gasteiger partial charge in [0.2, 0.25) is 0 Å². The minimum atomic E-state index is -0.288. The second-order valence-corrected chi connectivity index (χ2v) is 6.45. The van der Waals surface area contributed by atoms with Gasteiger partial charge in [-0.15, -0.1) is 6.58 Å². The Morgan fingerprint density at radius 1 is 1.43 bits per heavy atom. The van der Waals surface area contributed by atoms with E-state index in [9.17, 15) is 4.79 Å². The number of allylic oxidation sites excluding steroid dienone is 1. The third kappa shape index (κ3) is 2.77. The summed E-state index contributed by atoms with van der Waals surface area (Å²) in [7, 11) is 1.74. The van der Waals surface area contributed by atoms with Crippen molar-refractivity contribution >= 4 is 27.5 Å². The zero-order chi connectivity index (χ0) is 16.6. The maximum absolute atomic E-state index is 12.4. The molecule has 0 aliphatic heterocycles. The van der Waals surface area contributed by atoms with Crippen molar-refractivity contribution in [3.8, 4) is 0 Å². The average Bonchev–Trinajstić information content (AvgIpc) is 3.05. The van der Waals surface area contributed by atoms with Crippen LogP contribution in [0.1, 0.15) is 21.6 Å². The summed E-state index contributed by atoms with van der Waals surface area (Å²) in [5.41, 5.74) is 3.94. The Balaban J connectivity index is 2.24. The van der Waals surface area contributed by atoms with E-state index >= 15 is 0 Å². The number of benzene rings is 1. The predicted molar refractivity (Wildman–Crippen MR) is 92.6 cm³/mol. The Hall–Kier alpha value is -2.47. The van der Waals surface area contributed by atoms with E-state index in [2.05, 4.69) is 42.7 Å². The third-order valence-corrected chi connectivity index (χ3v) is 4.89. The maximum atomic E-state index is 12.4. The monoisotopic (exact) mass is 326 g/mol. The normalized spacial score (nSPS) is 12.0. The number of fused-ring (bicyclic) bond motifs is 1. The lowest BCUT2D eigenvalue weighted by Crippen LogP contribution is -2.17. The smallest absolute Gasteiger partial charge is 0.297 e. The van der Waals surface area contributed by atoms with Crippen molar-refractivity contribution in [1.82, 2.24) is 14.3 Å². The molecule has 5 nitrogen and oxygen atoms in total. The Morgan fingerprint density at radius 3 is 2.87 bits per heavy atom. The first-order chi connectivity index (χ1) is 11.0. The van der Waals surface area contributed by atoms with Crippen LogP contribution >= 0.6 is 11.3 Å². The second kappa shape index (κ2) is 5.96. The third-order valence-electron chi connectivity index (χ3n) is 3.66. The topological polar surface area (TPSA) is 52.2 Å². The van der Waals surface area contributed by atoms with Crippen molar-refractivity contribution in [3.05, 3.63) is 58.7 Å². The van der Waals surface area contributed by atoms with Gasteiger partial charge in [-0.25, -0.2) is 0 Å². The van der Waals surface area contributed by atoms with Crippen molar-refractivity contribution < 1.29 is 4.79 Å². The number of hydrogen-bond donors (Lipinski definition) is 0. The van der Waals surface area contributed by atoms with Crippen molar-refractivity contribution in [2.45, 2.75) is 20.4 Å². The summed E-state index contributed by atoms with van der Waals surface area (Å²) in [5.74, 6) is -0.288. The van der Waals surface area contributed by atoms with Gasteiger partial charge < -0.3 is 4.57 Å². The van der Waals surface area contributed by atoms with Crippen LogP contribution in [-0.4, -0.2) is 20.3 Å². The van der Waals surface area contributed by atoms with Gasteiger partial charge in [0.1, 0.15) is 5.69 Å². The van der Waals surface area contributed by atoms with Gasteiger partial charge in [0, 0.05) is 19.8 Å². The molecule has 0 saturated heterocycles. The van der Waals surface area contributed by atoms with E-state index < -0.39 is 0 Å².